The molecule has 0 bridgehead atoms. The molecular formula is C13H15F2N3OS. The molecule has 0 radical (unpaired) electrons. The molecule has 2 rings (SSSR count). The van der Waals surface area contributed by atoms with E-state index in [0.717, 1.165) is 23.2 Å². The van der Waals surface area contributed by atoms with E-state index in [0.29, 0.717) is 6.54 Å². The first-order chi connectivity index (χ1) is 9.32. The minimum atomic E-state index is -0.695. The van der Waals surface area contributed by atoms with Gasteiger partial charge in [-0.15, -0.1) is 5.10 Å². The summed E-state index contributed by atoms with van der Waals surface area (Å²) in [6.07, 6.45) is 0. The molecule has 0 amide bonds. The molecule has 0 aliphatic heterocycles. The van der Waals surface area contributed by atoms with E-state index in [2.05, 4.69) is 15.5 Å². The van der Waals surface area contributed by atoms with Crippen LogP contribution < -0.4 is 10.1 Å². The Morgan fingerprint density at radius 3 is 2.40 bits per heavy atom. The Kier molecular flexibility index (Phi) is 4.29. The number of benzene rings is 1. The van der Waals surface area contributed by atoms with Crippen LogP contribution in [0, 0.1) is 11.6 Å². The minimum absolute atomic E-state index is 0.0294. The van der Waals surface area contributed by atoms with Crippen LogP contribution in [0.15, 0.2) is 18.2 Å². The van der Waals surface area contributed by atoms with E-state index in [1.165, 1.54) is 11.3 Å². The first-order valence-electron chi connectivity index (χ1n) is 6.03. The van der Waals surface area contributed by atoms with Gasteiger partial charge < -0.3 is 10.1 Å². The van der Waals surface area contributed by atoms with E-state index < -0.39 is 11.6 Å². The molecule has 108 valence electrons. The average Bonchev–Trinajstić information content (AvgIpc) is 2.72. The largest absolute Gasteiger partial charge is 0.430 e. The maximum absolute atomic E-state index is 13.0. The summed E-state index contributed by atoms with van der Waals surface area (Å²) in [6, 6.07) is 2.97. The highest BCUT2D eigenvalue weighted by Gasteiger charge is 2.12. The number of hydrogen-bond acceptors (Lipinski definition) is 5. The van der Waals surface area contributed by atoms with Crippen molar-refractivity contribution in [1.29, 1.82) is 0 Å². The number of hydrogen-bond donors (Lipinski definition) is 1. The molecule has 0 fully saturated rings. The molecule has 0 saturated heterocycles. The lowest BCUT2D eigenvalue weighted by Gasteiger charge is -2.19. The lowest BCUT2D eigenvalue weighted by Crippen LogP contribution is -2.35. The normalized spacial score (nSPS) is 11.7. The maximum Gasteiger partial charge on any atom is 0.299 e. The zero-order chi connectivity index (χ0) is 14.8. The highest BCUT2D eigenvalue weighted by molar-refractivity contribution is 7.13. The average molecular weight is 299 g/mol. The Morgan fingerprint density at radius 1 is 1.15 bits per heavy atom. The SMILES string of the molecule is CC(C)(C)NCc1nnc(Oc2cc(F)cc(F)c2)s1. The van der Waals surface area contributed by atoms with Crippen molar-refractivity contribution in [1.82, 2.24) is 15.5 Å². The van der Waals surface area contributed by atoms with Crippen LogP contribution in [-0.4, -0.2) is 15.7 Å². The predicted molar refractivity (Wildman–Crippen MR) is 72.9 cm³/mol. The summed E-state index contributed by atoms with van der Waals surface area (Å²) < 4.78 is 31.3. The molecule has 1 heterocycles. The van der Waals surface area contributed by atoms with E-state index in [1.807, 2.05) is 20.8 Å². The highest BCUT2D eigenvalue weighted by atomic mass is 32.1. The van der Waals surface area contributed by atoms with Crippen molar-refractivity contribution in [3.8, 4) is 10.9 Å². The zero-order valence-electron chi connectivity index (χ0n) is 11.4. The van der Waals surface area contributed by atoms with E-state index in [4.69, 9.17) is 4.74 Å². The van der Waals surface area contributed by atoms with Gasteiger partial charge in [-0.1, -0.05) is 16.4 Å². The molecule has 0 saturated carbocycles. The fraction of sp³-hybridized carbons (Fsp3) is 0.385. The van der Waals surface area contributed by atoms with E-state index >= 15 is 0 Å². The van der Waals surface area contributed by atoms with Crippen LogP contribution in [0.25, 0.3) is 0 Å². The number of aromatic nitrogens is 2. The number of ether oxygens (including phenoxy) is 1. The van der Waals surface area contributed by atoms with Crippen molar-refractivity contribution < 1.29 is 13.5 Å². The number of nitrogens with one attached hydrogen (secondary N) is 1. The van der Waals surface area contributed by atoms with Crippen LogP contribution >= 0.6 is 11.3 Å². The summed E-state index contributed by atoms with van der Waals surface area (Å²) in [5.41, 5.74) is -0.0294. The van der Waals surface area contributed by atoms with Crippen LogP contribution in [-0.2, 0) is 6.54 Å². The summed E-state index contributed by atoms with van der Waals surface area (Å²) in [4.78, 5) is 0. The Morgan fingerprint density at radius 2 is 1.80 bits per heavy atom. The first-order valence-corrected chi connectivity index (χ1v) is 6.85. The van der Waals surface area contributed by atoms with Crippen molar-refractivity contribution in [2.75, 3.05) is 0 Å². The molecule has 0 unspecified atom stereocenters. The molecular weight excluding hydrogens is 284 g/mol. The van der Waals surface area contributed by atoms with E-state index in [9.17, 15) is 8.78 Å². The summed E-state index contributed by atoms with van der Waals surface area (Å²) in [5.74, 6) is -1.33. The molecule has 20 heavy (non-hydrogen) atoms. The molecule has 2 aromatic rings. The highest BCUT2D eigenvalue weighted by Crippen LogP contribution is 2.26. The van der Waals surface area contributed by atoms with Crippen LogP contribution in [0.4, 0.5) is 8.78 Å². The number of nitrogens with zero attached hydrogens (tertiary/aromatic N) is 2. The van der Waals surface area contributed by atoms with Gasteiger partial charge in [0.25, 0.3) is 5.19 Å². The van der Waals surface area contributed by atoms with Crippen LogP contribution in [0.1, 0.15) is 25.8 Å². The van der Waals surface area contributed by atoms with Crippen LogP contribution in [0.2, 0.25) is 0 Å². The Hall–Kier alpha value is -1.60. The van der Waals surface area contributed by atoms with Gasteiger partial charge in [0.1, 0.15) is 22.4 Å². The summed E-state index contributed by atoms with van der Waals surface area (Å²) >= 11 is 1.23. The van der Waals surface area contributed by atoms with Crippen LogP contribution in [0.3, 0.4) is 0 Å². The van der Waals surface area contributed by atoms with E-state index in [-0.39, 0.29) is 16.5 Å². The second kappa shape index (κ2) is 5.80. The molecule has 1 aromatic heterocycles. The van der Waals surface area contributed by atoms with Crippen molar-refractivity contribution >= 4 is 11.3 Å². The van der Waals surface area contributed by atoms with Crippen molar-refractivity contribution in [2.24, 2.45) is 0 Å². The topological polar surface area (TPSA) is 47.0 Å². The van der Waals surface area contributed by atoms with Gasteiger partial charge in [0.2, 0.25) is 0 Å². The van der Waals surface area contributed by atoms with Gasteiger partial charge in [-0.3, -0.25) is 0 Å². The Bertz CT molecular complexity index is 575. The molecule has 0 aliphatic carbocycles. The standard InChI is InChI=1S/C13H15F2N3OS/c1-13(2,3)16-7-11-17-18-12(20-11)19-10-5-8(14)4-9(15)6-10/h4-6,16H,7H2,1-3H3. The third kappa shape index (κ3) is 4.50. The Labute approximate surface area is 119 Å². The van der Waals surface area contributed by atoms with Gasteiger partial charge >= 0.3 is 0 Å². The molecule has 4 nitrogen and oxygen atoms in total. The second-order valence-corrected chi connectivity index (χ2v) is 6.30. The summed E-state index contributed by atoms with van der Waals surface area (Å²) in [5, 5.41) is 12.0. The first kappa shape index (κ1) is 14.8. The van der Waals surface area contributed by atoms with E-state index in [1.54, 1.807) is 0 Å². The van der Waals surface area contributed by atoms with Gasteiger partial charge in [0, 0.05) is 23.7 Å². The Balaban J connectivity index is 2.02. The van der Waals surface area contributed by atoms with Gasteiger partial charge in [-0.2, -0.15) is 0 Å². The summed E-state index contributed by atoms with van der Waals surface area (Å²) in [7, 11) is 0. The van der Waals surface area contributed by atoms with Gasteiger partial charge in [0.15, 0.2) is 0 Å². The maximum atomic E-state index is 13.0. The number of halogens is 2. The molecule has 0 aliphatic rings. The number of rotatable bonds is 4. The molecule has 1 aromatic carbocycles. The zero-order valence-corrected chi connectivity index (χ0v) is 12.2. The lowest BCUT2D eigenvalue weighted by molar-refractivity contribution is 0.422. The summed E-state index contributed by atoms with van der Waals surface area (Å²) in [6.45, 7) is 6.69. The van der Waals surface area contributed by atoms with Crippen LogP contribution in [0.5, 0.6) is 10.9 Å². The fourth-order valence-corrected chi connectivity index (χ4v) is 2.03. The van der Waals surface area contributed by atoms with Gasteiger partial charge in [-0.25, -0.2) is 8.78 Å². The van der Waals surface area contributed by atoms with Gasteiger partial charge in [-0.05, 0) is 20.8 Å². The minimum Gasteiger partial charge on any atom is -0.430 e. The second-order valence-electron chi connectivity index (χ2n) is 5.27. The third-order valence-corrected chi connectivity index (χ3v) is 3.06. The lowest BCUT2D eigenvalue weighted by atomic mass is 10.1. The molecule has 0 atom stereocenters. The van der Waals surface area contributed by atoms with Crippen molar-refractivity contribution in [3.05, 3.63) is 34.8 Å². The fourth-order valence-electron chi connectivity index (χ4n) is 1.38. The predicted octanol–water partition coefficient (Wildman–Crippen LogP) is 3.50. The molecule has 7 heteroatoms. The molecule has 0 spiro atoms. The van der Waals surface area contributed by atoms with Crippen molar-refractivity contribution in [3.63, 3.8) is 0 Å². The monoisotopic (exact) mass is 299 g/mol. The third-order valence-electron chi connectivity index (χ3n) is 2.26. The van der Waals surface area contributed by atoms with Crippen molar-refractivity contribution in [2.45, 2.75) is 32.9 Å². The van der Waals surface area contributed by atoms with Gasteiger partial charge in [0.05, 0.1) is 6.54 Å². The quantitative estimate of drug-likeness (QED) is 0.938. The smallest absolute Gasteiger partial charge is 0.299 e. The molecule has 1 N–H and O–H groups in total.